The largest absolute Gasteiger partial charge is 0.0683 e. The SMILES string of the molecule is CC.CC.CCc1cccc(-c2ccccc2CC)c1. The van der Waals surface area contributed by atoms with E-state index in [2.05, 4.69) is 62.4 Å². The first-order valence-corrected chi connectivity index (χ1v) is 8.02. The van der Waals surface area contributed by atoms with Gasteiger partial charge in [-0.1, -0.05) is 90.1 Å². The lowest BCUT2D eigenvalue weighted by molar-refractivity contribution is 1.13. The summed E-state index contributed by atoms with van der Waals surface area (Å²) < 4.78 is 0. The van der Waals surface area contributed by atoms with Gasteiger partial charge in [-0.25, -0.2) is 0 Å². The summed E-state index contributed by atoms with van der Waals surface area (Å²) in [4.78, 5) is 0. The Kier molecular flexibility index (Phi) is 10.4. The maximum absolute atomic E-state index is 2.30. The molecule has 0 saturated carbocycles. The van der Waals surface area contributed by atoms with Crippen molar-refractivity contribution in [2.75, 3.05) is 0 Å². The van der Waals surface area contributed by atoms with Crippen molar-refractivity contribution in [1.29, 1.82) is 0 Å². The molecule has 2 aromatic rings. The molecular weight excluding hydrogens is 240 g/mol. The monoisotopic (exact) mass is 270 g/mol. The summed E-state index contributed by atoms with van der Waals surface area (Å²) in [5, 5.41) is 0. The van der Waals surface area contributed by atoms with Gasteiger partial charge in [0.1, 0.15) is 0 Å². The summed E-state index contributed by atoms with van der Waals surface area (Å²) in [6.07, 6.45) is 2.19. The zero-order valence-electron chi connectivity index (χ0n) is 14.0. The summed E-state index contributed by atoms with van der Waals surface area (Å²) >= 11 is 0. The molecule has 0 heterocycles. The predicted molar refractivity (Wildman–Crippen MR) is 93.3 cm³/mol. The highest BCUT2D eigenvalue weighted by molar-refractivity contribution is 5.67. The van der Waals surface area contributed by atoms with Crippen LogP contribution in [-0.2, 0) is 12.8 Å². The van der Waals surface area contributed by atoms with Gasteiger partial charge in [0.25, 0.3) is 0 Å². The molecule has 0 heteroatoms. The zero-order valence-corrected chi connectivity index (χ0v) is 14.0. The molecular formula is C20H30. The molecule has 0 aliphatic heterocycles. The second-order valence-corrected chi connectivity index (χ2v) is 4.06. The smallest absolute Gasteiger partial charge is 0.0152 e. The molecule has 0 N–H and O–H groups in total. The number of aryl methyl sites for hydroxylation is 2. The summed E-state index contributed by atoms with van der Waals surface area (Å²) in [7, 11) is 0. The van der Waals surface area contributed by atoms with Gasteiger partial charge in [0, 0.05) is 0 Å². The van der Waals surface area contributed by atoms with Crippen LogP contribution in [0.5, 0.6) is 0 Å². The zero-order chi connectivity index (χ0) is 15.4. The number of rotatable bonds is 3. The van der Waals surface area contributed by atoms with E-state index >= 15 is 0 Å². The molecule has 0 atom stereocenters. The van der Waals surface area contributed by atoms with Gasteiger partial charge in [-0.2, -0.15) is 0 Å². The van der Waals surface area contributed by atoms with Crippen LogP contribution in [0.25, 0.3) is 11.1 Å². The molecule has 2 rings (SSSR count). The Hall–Kier alpha value is -1.56. The highest BCUT2D eigenvalue weighted by Gasteiger charge is 2.02. The van der Waals surface area contributed by atoms with Gasteiger partial charge in [0.2, 0.25) is 0 Å². The third-order valence-electron chi connectivity index (χ3n) is 3.04. The molecule has 0 amide bonds. The normalized spacial score (nSPS) is 8.90. The van der Waals surface area contributed by atoms with E-state index in [9.17, 15) is 0 Å². The van der Waals surface area contributed by atoms with Gasteiger partial charge in [-0.3, -0.25) is 0 Å². The van der Waals surface area contributed by atoms with Gasteiger partial charge in [0.15, 0.2) is 0 Å². The Morgan fingerprint density at radius 3 is 1.95 bits per heavy atom. The fourth-order valence-electron chi connectivity index (χ4n) is 2.07. The van der Waals surface area contributed by atoms with Crippen molar-refractivity contribution in [2.45, 2.75) is 54.4 Å². The van der Waals surface area contributed by atoms with Crippen LogP contribution >= 0.6 is 0 Å². The average Bonchev–Trinajstić information content (AvgIpc) is 2.58. The van der Waals surface area contributed by atoms with Crippen molar-refractivity contribution in [3.63, 3.8) is 0 Å². The van der Waals surface area contributed by atoms with E-state index in [1.807, 2.05) is 27.7 Å². The lowest BCUT2D eigenvalue weighted by Gasteiger charge is -2.08. The fraction of sp³-hybridized carbons (Fsp3) is 0.400. The lowest BCUT2D eigenvalue weighted by Crippen LogP contribution is -1.88. The van der Waals surface area contributed by atoms with Crippen molar-refractivity contribution < 1.29 is 0 Å². The first kappa shape index (κ1) is 18.4. The maximum Gasteiger partial charge on any atom is -0.0152 e. The highest BCUT2D eigenvalue weighted by atomic mass is 14.1. The third kappa shape index (κ3) is 5.21. The highest BCUT2D eigenvalue weighted by Crippen LogP contribution is 2.24. The number of hydrogen-bond donors (Lipinski definition) is 0. The van der Waals surface area contributed by atoms with Crippen LogP contribution in [-0.4, -0.2) is 0 Å². The van der Waals surface area contributed by atoms with Crippen LogP contribution in [0, 0.1) is 0 Å². The second-order valence-electron chi connectivity index (χ2n) is 4.06. The lowest BCUT2D eigenvalue weighted by atomic mass is 9.96. The van der Waals surface area contributed by atoms with Crippen LogP contribution < -0.4 is 0 Å². The molecule has 110 valence electrons. The first-order chi connectivity index (χ1) is 9.85. The van der Waals surface area contributed by atoms with Crippen LogP contribution in [0.2, 0.25) is 0 Å². The minimum absolute atomic E-state index is 1.09. The van der Waals surface area contributed by atoms with Gasteiger partial charge >= 0.3 is 0 Å². The van der Waals surface area contributed by atoms with Gasteiger partial charge in [-0.05, 0) is 35.1 Å². The molecule has 0 aromatic heterocycles. The molecule has 0 nitrogen and oxygen atoms in total. The Labute approximate surface area is 125 Å². The molecule has 0 radical (unpaired) electrons. The van der Waals surface area contributed by atoms with E-state index in [1.165, 1.54) is 22.3 Å². The number of benzene rings is 2. The minimum Gasteiger partial charge on any atom is -0.0683 e. The van der Waals surface area contributed by atoms with Crippen molar-refractivity contribution in [3.8, 4) is 11.1 Å². The van der Waals surface area contributed by atoms with Gasteiger partial charge < -0.3 is 0 Å². The van der Waals surface area contributed by atoms with Crippen LogP contribution in [0.4, 0.5) is 0 Å². The Morgan fingerprint density at radius 1 is 0.700 bits per heavy atom. The maximum atomic E-state index is 2.30. The van der Waals surface area contributed by atoms with E-state index in [4.69, 9.17) is 0 Å². The molecule has 0 saturated heterocycles. The Morgan fingerprint density at radius 2 is 1.35 bits per heavy atom. The standard InChI is InChI=1S/C16H18.2C2H6/c1-3-13-8-7-10-15(12-13)16-11-6-5-9-14(16)4-2;2*1-2/h5-12H,3-4H2,1-2H3;2*1-2H3. The predicted octanol–water partition coefficient (Wildman–Crippen LogP) is 6.53. The molecule has 0 unspecified atom stereocenters. The molecule has 0 bridgehead atoms. The molecule has 0 aliphatic carbocycles. The Bertz CT molecular complexity index is 469. The summed E-state index contributed by atoms with van der Waals surface area (Å²) in [6.45, 7) is 12.4. The van der Waals surface area contributed by atoms with Crippen LogP contribution in [0.1, 0.15) is 52.7 Å². The van der Waals surface area contributed by atoms with Crippen molar-refractivity contribution in [2.24, 2.45) is 0 Å². The van der Waals surface area contributed by atoms with Gasteiger partial charge in [0.05, 0.1) is 0 Å². The molecule has 0 spiro atoms. The summed E-state index contributed by atoms with van der Waals surface area (Å²) in [6, 6.07) is 17.5. The molecule has 0 aliphatic rings. The van der Waals surface area contributed by atoms with Crippen molar-refractivity contribution >= 4 is 0 Å². The second kappa shape index (κ2) is 11.3. The molecule has 20 heavy (non-hydrogen) atoms. The van der Waals surface area contributed by atoms with E-state index in [0.717, 1.165) is 12.8 Å². The summed E-state index contributed by atoms with van der Waals surface area (Å²) in [5.74, 6) is 0. The van der Waals surface area contributed by atoms with Crippen LogP contribution in [0.3, 0.4) is 0 Å². The fourth-order valence-corrected chi connectivity index (χ4v) is 2.07. The quantitative estimate of drug-likeness (QED) is 0.594. The Balaban J connectivity index is 0.000000829. The first-order valence-electron chi connectivity index (χ1n) is 8.02. The van der Waals surface area contributed by atoms with E-state index in [0.29, 0.717) is 0 Å². The molecule has 0 fully saturated rings. The number of hydrogen-bond acceptors (Lipinski definition) is 0. The van der Waals surface area contributed by atoms with Crippen molar-refractivity contribution in [1.82, 2.24) is 0 Å². The third-order valence-corrected chi connectivity index (χ3v) is 3.04. The van der Waals surface area contributed by atoms with Gasteiger partial charge in [-0.15, -0.1) is 0 Å². The van der Waals surface area contributed by atoms with Crippen molar-refractivity contribution in [3.05, 3.63) is 59.7 Å². The summed E-state index contributed by atoms with van der Waals surface area (Å²) in [5.41, 5.74) is 5.55. The van der Waals surface area contributed by atoms with E-state index in [-0.39, 0.29) is 0 Å². The topological polar surface area (TPSA) is 0 Å². The van der Waals surface area contributed by atoms with E-state index < -0.39 is 0 Å². The molecule has 2 aromatic carbocycles. The minimum atomic E-state index is 1.09. The van der Waals surface area contributed by atoms with Crippen LogP contribution in [0.15, 0.2) is 48.5 Å². The average molecular weight is 270 g/mol. The van der Waals surface area contributed by atoms with E-state index in [1.54, 1.807) is 0 Å².